The van der Waals surface area contributed by atoms with Gasteiger partial charge in [-0.3, -0.25) is 9.78 Å². The number of nitrogens with one attached hydrogen (secondary N) is 1. The van der Waals surface area contributed by atoms with Gasteiger partial charge in [0.1, 0.15) is 10.7 Å². The van der Waals surface area contributed by atoms with Gasteiger partial charge in [-0.05, 0) is 53.4 Å². The average molecular weight is 344 g/mol. The molecule has 0 aliphatic heterocycles. The quantitative estimate of drug-likeness (QED) is 0.674. The molecular formula is C17H13FN2OS2. The second-order valence-corrected chi connectivity index (χ2v) is 6.65. The average Bonchev–Trinajstić information content (AvgIpc) is 3.05. The Kier molecular flexibility index (Phi) is 5.05. The van der Waals surface area contributed by atoms with E-state index in [-0.39, 0.29) is 11.7 Å². The third kappa shape index (κ3) is 4.18. The van der Waals surface area contributed by atoms with Crippen molar-refractivity contribution in [1.82, 2.24) is 4.98 Å². The zero-order valence-electron chi connectivity index (χ0n) is 12.0. The Bertz CT molecular complexity index is 788. The molecule has 116 valence electrons. The fourth-order valence-corrected chi connectivity index (χ4v) is 3.93. The number of halogens is 1. The molecule has 1 aromatic carbocycles. The molecule has 2 aromatic heterocycles. The molecule has 2 heterocycles. The highest BCUT2D eigenvalue weighted by Crippen LogP contribution is 2.30. The van der Waals surface area contributed by atoms with Crippen molar-refractivity contribution in [2.45, 2.75) is 10.6 Å². The Morgan fingerprint density at radius 3 is 2.61 bits per heavy atom. The molecule has 3 nitrogen and oxygen atoms in total. The summed E-state index contributed by atoms with van der Waals surface area (Å²) in [5.74, 6) is 0.271. The van der Waals surface area contributed by atoms with Gasteiger partial charge >= 0.3 is 0 Å². The molecule has 3 rings (SSSR count). The van der Waals surface area contributed by atoms with E-state index in [2.05, 4.69) is 10.3 Å². The van der Waals surface area contributed by atoms with E-state index in [4.69, 9.17) is 0 Å². The van der Waals surface area contributed by atoms with Gasteiger partial charge in [0.25, 0.3) is 5.91 Å². The predicted molar refractivity (Wildman–Crippen MR) is 92.5 cm³/mol. The van der Waals surface area contributed by atoms with Gasteiger partial charge in [-0.1, -0.05) is 0 Å². The standard InChI is InChI=1S/C17H13FN2OS2/c18-13-1-3-14(4-2-13)20-17(21)16-15(7-10-22-16)23-11-12-5-8-19-9-6-12/h1-10H,11H2,(H,20,21). The Morgan fingerprint density at radius 1 is 1.13 bits per heavy atom. The molecule has 6 heteroatoms. The lowest BCUT2D eigenvalue weighted by molar-refractivity contribution is 0.102. The summed E-state index contributed by atoms with van der Waals surface area (Å²) in [4.78, 5) is 18.0. The molecule has 0 radical (unpaired) electrons. The van der Waals surface area contributed by atoms with Crippen molar-refractivity contribution in [3.8, 4) is 0 Å². The van der Waals surface area contributed by atoms with E-state index in [1.165, 1.54) is 23.5 Å². The lowest BCUT2D eigenvalue weighted by atomic mass is 10.3. The molecule has 0 bridgehead atoms. The highest BCUT2D eigenvalue weighted by atomic mass is 32.2. The fraction of sp³-hybridized carbons (Fsp3) is 0.0588. The zero-order chi connectivity index (χ0) is 16.1. The molecular weight excluding hydrogens is 331 g/mol. The number of pyridine rings is 1. The molecule has 1 N–H and O–H groups in total. The molecule has 0 aliphatic rings. The number of carbonyl (C=O) groups is 1. The lowest BCUT2D eigenvalue weighted by Gasteiger charge is -2.06. The monoisotopic (exact) mass is 344 g/mol. The van der Waals surface area contributed by atoms with Crippen molar-refractivity contribution < 1.29 is 9.18 Å². The molecule has 23 heavy (non-hydrogen) atoms. The van der Waals surface area contributed by atoms with Gasteiger partial charge in [-0.2, -0.15) is 0 Å². The van der Waals surface area contributed by atoms with Crippen LogP contribution in [0.3, 0.4) is 0 Å². The van der Waals surface area contributed by atoms with E-state index in [0.717, 1.165) is 16.2 Å². The summed E-state index contributed by atoms with van der Waals surface area (Å²) in [7, 11) is 0. The van der Waals surface area contributed by atoms with E-state index < -0.39 is 0 Å². The minimum absolute atomic E-state index is 0.177. The first-order valence-electron chi connectivity index (χ1n) is 6.88. The SMILES string of the molecule is O=C(Nc1ccc(F)cc1)c1sccc1SCc1ccncc1. The van der Waals surface area contributed by atoms with Crippen molar-refractivity contribution in [2.24, 2.45) is 0 Å². The van der Waals surface area contributed by atoms with Gasteiger partial charge in [0.05, 0.1) is 0 Å². The van der Waals surface area contributed by atoms with Gasteiger partial charge in [0, 0.05) is 28.7 Å². The maximum atomic E-state index is 12.9. The Balaban J connectivity index is 1.67. The van der Waals surface area contributed by atoms with E-state index in [0.29, 0.717) is 10.6 Å². The number of rotatable bonds is 5. The number of nitrogens with zero attached hydrogens (tertiary/aromatic N) is 1. The minimum Gasteiger partial charge on any atom is -0.321 e. The highest BCUT2D eigenvalue weighted by molar-refractivity contribution is 7.98. The number of benzene rings is 1. The van der Waals surface area contributed by atoms with Gasteiger partial charge in [-0.25, -0.2) is 4.39 Å². The van der Waals surface area contributed by atoms with Crippen LogP contribution in [0, 0.1) is 5.82 Å². The van der Waals surface area contributed by atoms with Crippen molar-refractivity contribution in [1.29, 1.82) is 0 Å². The number of hydrogen-bond acceptors (Lipinski definition) is 4. The molecule has 0 saturated carbocycles. The van der Waals surface area contributed by atoms with Crippen LogP contribution in [0.25, 0.3) is 0 Å². The highest BCUT2D eigenvalue weighted by Gasteiger charge is 2.14. The van der Waals surface area contributed by atoms with Crippen LogP contribution in [0.5, 0.6) is 0 Å². The molecule has 0 atom stereocenters. The van der Waals surface area contributed by atoms with Crippen LogP contribution in [-0.2, 0) is 5.75 Å². The number of thioether (sulfide) groups is 1. The van der Waals surface area contributed by atoms with Gasteiger partial charge in [0.15, 0.2) is 0 Å². The van der Waals surface area contributed by atoms with E-state index in [1.54, 1.807) is 36.3 Å². The predicted octanol–water partition coefficient (Wildman–Crippen LogP) is 4.83. The third-order valence-electron chi connectivity index (χ3n) is 3.08. The van der Waals surface area contributed by atoms with Crippen molar-refractivity contribution in [3.63, 3.8) is 0 Å². The minimum atomic E-state index is -0.326. The number of aromatic nitrogens is 1. The second kappa shape index (κ2) is 7.39. The summed E-state index contributed by atoms with van der Waals surface area (Å²) in [6, 6.07) is 11.6. The van der Waals surface area contributed by atoms with Crippen molar-refractivity contribution >= 4 is 34.7 Å². The van der Waals surface area contributed by atoms with E-state index in [9.17, 15) is 9.18 Å². The molecule has 0 unspecified atom stereocenters. The molecule has 3 aromatic rings. The van der Waals surface area contributed by atoms with Crippen LogP contribution in [0.4, 0.5) is 10.1 Å². The Labute approximate surface area is 141 Å². The van der Waals surface area contributed by atoms with Crippen LogP contribution in [0.15, 0.2) is 65.1 Å². The van der Waals surface area contributed by atoms with E-state index >= 15 is 0 Å². The first-order chi connectivity index (χ1) is 11.2. The van der Waals surface area contributed by atoms with Gasteiger partial charge < -0.3 is 5.32 Å². The first kappa shape index (κ1) is 15.7. The largest absolute Gasteiger partial charge is 0.321 e. The number of amides is 1. The second-order valence-electron chi connectivity index (χ2n) is 4.72. The normalized spacial score (nSPS) is 10.5. The molecule has 0 spiro atoms. The number of anilines is 1. The number of carbonyl (C=O) groups excluding carboxylic acids is 1. The Hall–Kier alpha value is -2.18. The zero-order valence-corrected chi connectivity index (χ0v) is 13.7. The van der Waals surface area contributed by atoms with Crippen molar-refractivity contribution in [3.05, 3.63) is 76.5 Å². The van der Waals surface area contributed by atoms with Crippen molar-refractivity contribution in [2.75, 3.05) is 5.32 Å². The van der Waals surface area contributed by atoms with Crippen LogP contribution >= 0.6 is 23.1 Å². The number of thiophene rings is 1. The van der Waals surface area contributed by atoms with Gasteiger partial charge in [0.2, 0.25) is 0 Å². The first-order valence-corrected chi connectivity index (χ1v) is 8.75. The molecule has 0 saturated heterocycles. The van der Waals surface area contributed by atoms with Gasteiger partial charge in [-0.15, -0.1) is 23.1 Å². The number of hydrogen-bond donors (Lipinski definition) is 1. The van der Waals surface area contributed by atoms with E-state index in [1.807, 2.05) is 23.6 Å². The summed E-state index contributed by atoms with van der Waals surface area (Å²) < 4.78 is 12.9. The molecule has 0 fully saturated rings. The fourth-order valence-electron chi connectivity index (χ4n) is 1.94. The summed E-state index contributed by atoms with van der Waals surface area (Å²) in [6.45, 7) is 0. The van der Waals surface area contributed by atoms with Crippen LogP contribution in [0.1, 0.15) is 15.2 Å². The smallest absolute Gasteiger partial charge is 0.266 e. The maximum Gasteiger partial charge on any atom is 0.266 e. The van der Waals surface area contributed by atoms with Crippen LogP contribution in [0.2, 0.25) is 0 Å². The summed E-state index contributed by atoms with van der Waals surface area (Å²) in [5, 5.41) is 4.69. The summed E-state index contributed by atoms with van der Waals surface area (Å²) in [5.41, 5.74) is 1.73. The topological polar surface area (TPSA) is 42.0 Å². The third-order valence-corrected chi connectivity index (χ3v) is 5.25. The molecule has 0 aliphatic carbocycles. The summed E-state index contributed by atoms with van der Waals surface area (Å²) in [6.07, 6.45) is 3.51. The molecule has 1 amide bonds. The summed E-state index contributed by atoms with van der Waals surface area (Å²) >= 11 is 3.01. The maximum absolute atomic E-state index is 12.9. The van der Waals surface area contributed by atoms with Crippen LogP contribution < -0.4 is 5.32 Å². The van der Waals surface area contributed by atoms with Crippen LogP contribution in [-0.4, -0.2) is 10.9 Å². The lowest BCUT2D eigenvalue weighted by Crippen LogP contribution is -2.11. The Morgan fingerprint density at radius 2 is 1.87 bits per heavy atom.